The minimum Gasteiger partial charge on any atom is -0.467 e. The fourth-order valence-corrected chi connectivity index (χ4v) is 2.03. The Hall–Kier alpha value is -1.75. The first-order chi connectivity index (χ1) is 9.15. The number of amides is 1. The van der Waals surface area contributed by atoms with E-state index in [9.17, 15) is 4.79 Å². The molecule has 1 atom stereocenters. The van der Waals surface area contributed by atoms with Crippen molar-refractivity contribution in [1.82, 2.24) is 5.32 Å². The van der Waals surface area contributed by atoms with Crippen LogP contribution in [0.2, 0.25) is 0 Å². The first-order valence-electron chi connectivity index (χ1n) is 5.97. The molecule has 1 unspecified atom stereocenters. The lowest BCUT2D eigenvalue weighted by Crippen LogP contribution is -2.37. The third kappa shape index (κ3) is 4.13. The summed E-state index contributed by atoms with van der Waals surface area (Å²) in [5.41, 5.74) is 0.898. The second-order valence-corrected chi connectivity index (χ2v) is 5.09. The molecular formula is C14H15BrN2O2. The summed E-state index contributed by atoms with van der Waals surface area (Å²) in [5, 5.41) is 5.95. The first kappa shape index (κ1) is 13.7. The molecule has 1 aromatic carbocycles. The van der Waals surface area contributed by atoms with Crippen LogP contribution in [0, 0.1) is 0 Å². The Morgan fingerprint density at radius 1 is 1.37 bits per heavy atom. The number of carbonyl (C=O) groups is 1. The Labute approximate surface area is 120 Å². The molecule has 100 valence electrons. The van der Waals surface area contributed by atoms with E-state index in [1.54, 1.807) is 12.3 Å². The van der Waals surface area contributed by atoms with E-state index in [0.29, 0.717) is 6.54 Å². The van der Waals surface area contributed by atoms with Gasteiger partial charge in [0.25, 0.3) is 0 Å². The Bertz CT molecular complexity index is 540. The number of hydrogen-bond acceptors (Lipinski definition) is 3. The van der Waals surface area contributed by atoms with Crippen molar-refractivity contribution in [2.45, 2.75) is 19.5 Å². The van der Waals surface area contributed by atoms with Gasteiger partial charge < -0.3 is 15.1 Å². The molecule has 1 aromatic heterocycles. The molecule has 2 N–H and O–H groups in total. The fourth-order valence-electron chi connectivity index (χ4n) is 1.63. The maximum atomic E-state index is 11.9. The predicted octanol–water partition coefficient (Wildman–Crippen LogP) is 3.16. The normalized spacial score (nSPS) is 11.9. The molecule has 19 heavy (non-hydrogen) atoms. The van der Waals surface area contributed by atoms with Gasteiger partial charge in [-0.3, -0.25) is 4.79 Å². The molecule has 2 rings (SSSR count). The molecule has 0 fully saturated rings. The van der Waals surface area contributed by atoms with Crippen molar-refractivity contribution < 1.29 is 9.21 Å². The molecule has 0 saturated heterocycles. The largest absolute Gasteiger partial charge is 0.467 e. The van der Waals surface area contributed by atoms with Crippen LogP contribution in [0.15, 0.2) is 51.6 Å². The van der Waals surface area contributed by atoms with Crippen molar-refractivity contribution in [2.75, 3.05) is 5.32 Å². The molecule has 1 amide bonds. The van der Waals surface area contributed by atoms with Crippen LogP contribution in [0.5, 0.6) is 0 Å². The van der Waals surface area contributed by atoms with Crippen LogP contribution in [-0.4, -0.2) is 11.9 Å². The van der Waals surface area contributed by atoms with Crippen LogP contribution in [-0.2, 0) is 11.3 Å². The van der Waals surface area contributed by atoms with Crippen LogP contribution in [0.3, 0.4) is 0 Å². The molecular weight excluding hydrogens is 308 g/mol. The van der Waals surface area contributed by atoms with Gasteiger partial charge in [-0.1, -0.05) is 22.0 Å². The molecule has 1 heterocycles. The van der Waals surface area contributed by atoms with Gasteiger partial charge in [-0.2, -0.15) is 0 Å². The van der Waals surface area contributed by atoms with Gasteiger partial charge in [-0.25, -0.2) is 0 Å². The summed E-state index contributed by atoms with van der Waals surface area (Å²) in [4.78, 5) is 11.9. The third-order valence-corrected chi connectivity index (χ3v) is 3.11. The van der Waals surface area contributed by atoms with Gasteiger partial charge in [0.2, 0.25) is 5.91 Å². The topological polar surface area (TPSA) is 54.3 Å². The molecule has 0 aliphatic carbocycles. The molecule has 0 aliphatic rings. The highest BCUT2D eigenvalue weighted by molar-refractivity contribution is 9.10. The van der Waals surface area contributed by atoms with Crippen LogP contribution >= 0.6 is 15.9 Å². The molecule has 0 aliphatic heterocycles. The highest BCUT2D eigenvalue weighted by Gasteiger charge is 2.12. The highest BCUT2D eigenvalue weighted by Crippen LogP contribution is 2.16. The number of benzene rings is 1. The average molecular weight is 323 g/mol. The van der Waals surface area contributed by atoms with E-state index in [2.05, 4.69) is 26.6 Å². The number of rotatable bonds is 5. The monoisotopic (exact) mass is 322 g/mol. The SMILES string of the molecule is CC(Nc1cccc(Br)c1)C(=O)NCc1ccco1. The summed E-state index contributed by atoms with van der Waals surface area (Å²) in [6.07, 6.45) is 1.59. The van der Waals surface area contributed by atoms with E-state index in [1.807, 2.05) is 37.3 Å². The summed E-state index contributed by atoms with van der Waals surface area (Å²) < 4.78 is 6.13. The van der Waals surface area contributed by atoms with Gasteiger partial charge in [-0.15, -0.1) is 0 Å². The van der Waals surface area contributed by atoms with Gasteiger partial charge in [0.05, 0.1) is 12.8 Å². The van der Waals surface area contributed by atoms with Gasteiger partial charge in [0.1, 0.15) is 11.8 Å². The lowest BCUT2D eigenvalue weighted by atomic mass is 10.2. The van der Waals surface area contributed by atoms with E-state index in [-0.39, 0.29) is 11.9 Å². The Balaban J connectivity index is 1.85. The molecule has 0 bridgehead atoms. The van der Waals surface area contributed by atoms with Gasteiger partial charge in [0, 0.05) is 10.2 Å². The second-order valence-electron chi connectivity index (χ2n) is 4.17. The van der Waals surface area contributed by atoms with Crippen LogP contribution in [0.25, 0.3) is 0 Å². The highest BCUT2D eigenvalue weighted by atomic mass is 79.9. The van der Waals surface area contributed by atoms with Crippen LogP contribution < -0.4 is 10.6 Å². The lowest BCUT2D eigenvalue weighted by Gasteiger charge is -2.15. The van der Waals surface area contributed by atoms with E-state index >= 15 is 0 Å². The average Bonchev–Trinajstić information content (AvgIpc) is 2.89. The van der Waals surface area contributed by atoms with Crippen molar-refractivity contribution in [3.05, 3.63) is 52.9 Å². The van der Waals surface area contributed by atoms with E-state index < -0.39 is 0 Å². The van der Waals surface area contributed by atoms with E-state index in [4.69, 9.17) is 4.42 Å². The van der Waals surface area contributed by atoms with Crippen LogP contribution in [0.1, 0.15) is 12.7 Å². The number of anilines is 1. The summed E-state index contributed by atoms with van der Waals surface area (Å²) in [7, 11) is 0. The van der Waals surface area contributed by atoms with Crippen molar-refractivity contribution in [3.8, 4) is 0 Å². The molecule has 0 spiro atoms. The van der Waals surface area contributed by atoms with Gasteiger partial charge in [0.15, 0.2) is 0 Å². The Kier molecular flexibility index (Phi) is 4.63. The Morgan fingerprint density at radius 2 is 2.21 bits per heavy atom. The number of carbonyl (C=O) groups excluding carboxylic acids is 1. The minimum atomic E-state index is -0.315. The zero-order chi connectivity index (χ0) is 13.7. The van der Waals surface area contributed by atoms with Crippen LogP contribution in [0.4, 0.5) is 5.69 Å². The maximum absolute atomic E-state index is 11.9. The molecule has 2 aromatic rings. The van der Waals surface area contributed by atoms with Gasteiger partial charge in [-0.05, 0) is 37.3 Å². The molecule has 0 radical (unpaired) electrons. The quantitative estimate of drug-likeness (QED) is 0.889. The number of nitrogens with one attached hydrogen (secondary N) is 2. The predicted molar refractivity (Wildman–Crippen MR) is 77.8 cm³/mol. The second kappa shape index (κ2) is 6.43. The number of hydrogen-bond donors (Lipinski definition) is 2. The zero-order valence-corrected chi connectivity index (χ0v) is 12.1. The van der Waals surface area contributed by atoms with E-state index in [1.165, 1.54) is 0 Å². The minimum absolute atomic E-state index is 0.0728. The molecule has 0 saturated carbocycles. The van der Waals surface area contributed by atoms with Crippen molar-refractivity contribution in [1.29, 1.82) is 0 Å². The third-order valence-electron chi connectivity index (χ3n) is 2.62. The summed E-state index contributed by atoms with van der Waals surface area (Å²) >= 11 is 3.39. The number of halogens is 1. The molecule has 4 nitrogen and oxygen atoms in total. The summed E-state index contributed by atoms with van der Waals surface area (Å²) in [6.45, 7) is 2.22. The number of furan rings is 1. The Morgan fingerprint density at radius 3 is 2.89 bits per heavy atom. The fraction of sp³-hybridized carbons (Fsp3) is 0.214. The van der Waals surface area contributed by atoms with E-state index in [0.717, 1.165) is 15.9 Å². The smallest absolute Gasteiger partial charge is 0.242 e. The first-order valence-corrected chi connectivity index (χ1v) is 6.76. The summed E-state index contributed by atoms with van der Waals surface area (Å²) in [6, 6.07) is 11.0. The van der Waals surface area contributed by atoms with Crippen molar-refractivity contribution in [3.63, 3.8) is 0 Å². The lowest BCUT2D eigenvalue weighted by molar-refractivity contribution is -0.121. The van der Waals surface area contributed by atoms with Crippen molar-refractivity contribution >= 4 is 27.5 Å². The van der Waals surface area contributed by atoms with Crippen molar-refractivity contribution in [2.24, 2.45) is 0 Å². The zero-order valence-electron chi connectivity index (χ0n) is 10.5. The standard InChI is InChI=1S/C14H15BrN2O2/c1-10(17-12-5-2-4-11(15)8-12)14(18)16-9-13-6-3-7-19-13/h2-8,10,17H,9H2,1H3,(H,16,18). The summed E-state index contributed by atoms with van der Waals surface area (Å²) in [5.74, 6) is 0.666. The molecule has 5 heteroatoms. The van der Waals surface area contributed by atoms with Gasteiger partial charge >= 0.3 is 0 Å². The maximum Gasteiger partial charge on any atom is 0.242 e.